The largest absolute Gasteiger partial charge is 0.505 e. The van der Waals surface area contributed by atoms with Crippen LogP contribution in [0.3, 0.4) is 0 Å². The lowest BCUT2D eigenvalue weighted by molar-refractivity contribution is 0.0952. The summed E-state index contributed by atoms with van der Waals surface area (Å²) >= 11 is 5.99. The minimum atomic E-state index is -4.31. The molecule has 0 bridgehead atoms. The Morgan fingerprint density at radius 2 is 1.77 bits per heavy atom. The van der Waals surface area contributed by atoms with Crippen molar-refractivity contribution in [2.24, 2.45) is 0 Å². The van der Waals surface area contributed by atoms with E-state index in [2.05, 4.69) is 4.98 Å². The first-order valence-electron chi connectivity index (χ1n) is 9.09. The van der Waals surface area contributed by atoms with Crippen molar-refractivity contribution in [3.05, 3.63) is 100 Å². The molecule has 2 heterocycles. The fourth-order valence-electron chi connectivity index (χ4n) is 3.27. The zero-order valence-corrected chi connectivity index (χ0v) is 17.5. The van der Waals surface area contributed by atoms with Crippen molar-refractivity contribution in [2.45, 2.75) is 4.90 Å². The maximum absolute atomic E-state index is 13.4. The fraction of sp³-hybridized carbons (Fsp3) is 0.0455. The smallest absolute Gasteiger partial charge is 0.265 e. The Labute approximate surface area is 183 Å². The summed E-state index contributed by atoms with van der Waals surface area (Å²) in [7, 11) is -4.31. The lowest BCUT2D eigenvalue weighted by Gasteiger charge is -2.31. The molecule has 1 aromatic heterocycles. The summed E-state index contributed by atoms with van der Waals surface area (Å²) in [6.45, 7) is -0.686. The molecule has 1 N–H and O–H groups in total. The van der Waals surface area contributed by atoms with Gasteiger partial charge in [0.2, 0.25) is 5.78 Å². The van der Waals surface area contributed by atoms with E-state index in [1.807, 2.05) is 0 Å². The number of halogens is 1. The predicted molar refractivity (Wildman–Crippen MR) is 114 cm³/mol. The van der Waals surface area contributed by atoms with Gasteiger partial charge in [-0.15, -0.1) is 0 Å². The highest BCUT2D eigenvalue weighted by molar-refractivity contribution is 7.89. The Hall–Kier alpha value is -3.49. The number of ketones is 2. The molecule has 0 saturated heterocycles. The molecule has 0 aliphatic carbocycles. The number of fused-ring (bicyclic) bond motifs is 1. The Bertz CT molecular complexity index is 1340. The van der Waals surface area contributed by atoms with Crippen LogP contribution in [0.5, 0.6) is 0 Å². The molecule has 31 heavy (non-hydrogen) atoms. The van der Waals surface area contributed by atoms with E-state index in [0.29, 0.717) is 4.31 Å². The van der Waals surface area contributed by atoms with E-state index in [0.717, 1.165) is 0 Å². The molecule has 4 rings (SSSR count). The molecule has 0 unspecified atom stereocenters. The second-order valence-corrected chi connectivity index (χ2v) is 8.98. The van der Waals surface area contributed by atoms with Gasteiger partial charge in [0, 0.05) is 34.1 Å². The molecule has 0 fully saturated rings. The van der Waals surface area contributed by atoms with E-state index in [4.69, 9.17) is 11.6 Å². The van der Waals surface area contributed by atoms with E-state index in [1.54, 1.807) is 18.2 Å². The number of carbonyl (C=O) groups is 2. The molecule has 0 radical (unpaired) electrons. The molecule has 0 atom stereocenters. The van der Waals surface area contributed by atoms with Gasteiger partial charge in [0.05, 0.1) is 11.4 Å². The van der Waals surface area contributed by atoms with Crippen molar-refractivity contribution >= 4 is 38.9 Å². The number of hydrogen-bond donors (Lipinski definition) is 1. The van der Waals surface area contributed by atoms with E-state index < -0.39 is 39.6 Å². The number of carbonyl (C=O) groups excluding carboxylic acids is 2. The van der Waals surface area contributed by atoms with Crippen LogP contribution in [-0.4, -0.2) is 40.9 Å². The molecule has 156 valence electrons. The highest BCUT2D eigenvalue weighted by Gasteiger charge is 2.42. The second kappa shape index (κ2) is 7.98. The van der Waals surface area contributed by atoms with Crippen LogP contribution in [-0.2, 0) is 10.0 Å². The molecule has 0 spiro atoms. The molecule has 1 aliphatic heterocycles. The molecular weight excluding hydrogens is 440 g/mol. The van der Waals surface area contributed by atoms with E-state index in [1.165, 1.54) is 54.9 Å². The van der Waals surface area contributed by atoms with Gasteiger partial charge in [0.15, 0.2) is 11.5 Å². The monoisotopic (exact) mass is 454 g/mol. The summed E-state index contributed by atoms with van der Waals surface area (Å²) in [6.07, 6.45) is 2.78. The molecule has 0 amide bonds. The van der Waals surface area contributed by atoms with Crippen LogP contribution in [0.4, 0.5) is 0 Å². The van der Waals surface area contributed by atoms with Gasteiger partial charge in [-0.2, -0.15) is 0 Å². The van der Waals surface area contributed by atoms with Gasteiger partial charge in [-0.25, -0.2) is 8.42 Å². The van der Waals surface area contributed by atoms with Gasteiger partial charge in [0.1, 0.15) is 5.70 Å². The number of sulfonamides is 1. The number of benzene rings is 2. The highest BCUT2D eigenvalue weighted by atomic mass is 35.5. The normalized spacial score (nSPS) is 16.5. The molecule has 1 aliphatic rings. The van der Waals surface area contributed by atoms with Crippen molar-refractivity contribution in [3.63, 3.8) is 0 Å². The lowest BCUT2D eigenvalue weighted by Crippen LogP contribution is -2.42. The van der Waals surface area contributed by atoms with Crippen molar-refractivity contribution in [1.82, 2.24) is 9.29 Å². The molecule has 3 aromatic rings. The minimum absolute atomic E-state index is 0.0869. The zero-order valence-electron chi connectivity index (χ0n) is 15.9. The van der Waals surface area contributed by atoms with Gasteiger partial charge in [0.25, 0.3) is 10.0 Å². The summed E-state index contributed by atoms with van der Waals surface area (Å²) in [6, 6.07) is 14.7. The van der Waals surface area contributed by atoms with Crippen LogP contribution in [0.1, 0.15) is 26.3 Å². The molecular formula is C22H15ClN2O5S. The Balaban J connectivity index is 1.92. The maximum atomic E-state index is 13.4. The first-order valence-corrected chi connectivity index (χ1v) is 10.9. The molecule has 2 aromatic carbocycles. The molecule has 9 heteroatoms. The highest BCUT2D eigenvalue weighted by Crippen LogP contribution is 2.35. The third-order valence-electron chi connectivity index (χ3n) is 4.76. The number of aliphatic hydroxyl groups is 1. The van der Waals surface area contributed by atoms with Crippen molar-refractivity contribution in [3.8, 4) is 0 Å². The van der Waals surface area contributed by atoms with E-state index >= 15 is 0 Å². The Kier molecular flexibility index (Phi) is 5.34. The first-order chi connectivity index (χ1) is 14.8. The quantitative estimate of drug-likeness (QED) is 0.366. The topological polar surface area (TPSA) is 105 Å². The van der Waals surface area contributed by atoms with Crippen molar-refractivity contribution < 1.29 is 23.1 Å². The number of allylic oxidation sites excluding steroid dienone is 1. The summed E-state index contributed by atoms with van der Waals surface area (Å²) in [5.41, 5.74) is -0.288. The van der Waals surface area contributed by atoms with E-state index in [9.17, 15) is 23.1 Å². The number of pyridine rings is 1. The predicted octanol–water partition coefficient (Wildman–Crippen LogP) is 3.73. The van der Waals surface area contributed by atoms with E-state index in [-0.39, 0.29) is 26.6 Å². The minimum Gasteiger partial charge on any atom is -0.505 e. The SMILES string of the molecule is O=C(CN1/C(=C(/O)c2cccc(Cl)c2)C(=O)c2ccccc2S1(=O)=O)c1cccnc1. The standard InChI is InChI=1S/C22H15ClN2O5S/c23-16-7-3-5-14(11-16)21(27)20-22(28)17-8-1-2-9-19(17)31(29,30)25(20)13-18(26)15-6-4-10-24-12-15/h1-12,27H,13H2/b21-20+. The zero-order chi connectivity index (χ0) is 22.2. The Morgan fingerprint density at radius 3 is 2.48 bits per heavy atom. The molecule has 0 saturated carbocycles. The van der Waals surface area contributed by atoms with Crippen LogP contribution >= 0.6 is 11.6 Å². The van der Waals surface area contributed by atoms with Crippen LogP contribution < -0.4 is 0 Å². The van der Waals surface area contributed by atoms with Crippen LogP contribution in [0.25, 0.3) is 5.76 Å². The third kappa shape index (κ3) is 3.71. The maximum Gasteiger partial charge on any atom is 0.265 e. The number of aliphatic hydroxyl groups excluding tert-OH is 1. The van der Waals surface area contributed by atoms with Crippen LogP contribution in [0.15, 0.2) is 83.6 Å². The van der Waals surface area contributed by atoms with Crippen LogP contribution in [0.2, 0.25) is 5.02 Å². The Morgan fingerprint density at radius 1 is 1.03 bits per heavy atom. The average molecular weight is 455 g/mol. The van der Waals surface area contributed by atoms with Gasteiger partial charge in [-0.05, 0) is 36.4 Å². The molecule has 7 nitrogen and oxygen atoms in total. The van der Waals surface area contributed by atoms with Crippen molar-refractivity contribution in [2.75, 3.05) is 6.54 Å². The number of rotatable bonds is 4. The number of aromatic nitrogens is 1. The van der Waals surface area contributed by atoms with Crippen LogP contribution in [0, 0.1) is 0 Å². The van der Waals surface area contributed by atoms with Crippen molar-refractivity contribution in [1.29, 1.82) is 0 Å². The average Bonchev–Trinajstić information content (AvgIpc) is 2.78. The number of nitrogens with zero attached hydrogens (tertiary/aromatic N) is 2. The second-order valence-electron chi connectivity index (χ2n) is 6.71. The summed E-state index contributed by atoms with van der Waals surface area (Å²) in [5, 5.41) is 11.2. The van der Waals surface area contributed by atoms with Gasteiger partial charge < -0.3 is 5.11 Å². The summed E-state index contributed by atoms with van der Waals surface area (Å²) in [4.78, 5) is 29.7. The summed E-state index contributed by atoms with van der Waals surface area (Å²) < 4.78 is 27.4. The number of hydrogen-bond acceptors (Lipinski definition) is 6. The summed E-state index contributed by atoms with van der Waals surface area (Å²) in [5.74, 6) is -1.90. The van der Waals surface area contributed by atoms with Gasteiger partial charge in [-0.1, -0.05) is 35.9 Å². The number of Topliss-reactive ketones (excluding diaryl/α,β-unsaturated/α-hetero) is 2. The third-order valence-corrected chi connectivity index (χ3v) is 6.80. The first kappa shape index (κ1) is 20.8. The lowest BCUT2D eigenvalue weighted by atomic mass is 10.0. The fourth-order valence-corrected chi connectivity index (χ4v) is 5.08. The van der Waals surface area contributed by atoms with Gasteiger partial charge >= 0.3 is 0 Å². The van der Waals surface area contributed by atoms with Gasteiger partial charge in [-0.3, -0.25) is 18.9 Å².